The summed E-state index contributed by atoms with van der Waals surface area (Å²) in [4.78, 5) is 1.66. The van der Waals surface area contributed by atoms with Gasteiger partial charge in [-0.25, -0.2) is 8.78 Å². The van der Waals surface area contributed by atoms with Gasteiger partial charge in [-0.3, -0.25) is 4.90 Å². The van der Waals surface area contributed by atoms with Crippen LogP contribution in [0.3, 0.4) is 0 Å². The summed E-state index contributed by atoms with van der Waals surface area (Å²) in [6.45, 7) is 0.130. The molecule has 7 heteroatoms. The lowest BCUT2D eigenvalue weighted by Gasteiger charge is -2.21. The number of aliphatic hydroxyl groups is 1. The number of halogens is 2. The number of hydrogen-bond acceptors (Lipinski definition) is 4. The van der Waals surface area contributed by atoms with Gasteiger partial charge in [-0.1, -0.05) is 24.4 Å². The smallest absolute Gasteiger partial charge is 0.251 e. The van der Waals surface area contributed by atoms with Gasteiger partial charge in [0.15, 0.2) is 0 Å². The van der Waals surface area contributed by atoms with Crippen molar-refractivity contribution in [2.45, 2.75) is 6.43 Å². The summed E-state index contributed by atoms with van der Waals surface area (Å²) in [7, 11) is 0. The van der Waals surface area contributed by atoms with E-state index in [9.17, 15) is 8.78 Å². The highest BCUT2D eigenvalue weighted by Gasteiger charge is 2.12. The van der Waals surface area contributed by atoms with Crippen molar-refractivity contribution in [1.29, 1.82) is 0 Å². The minimum Gasteiger partial charge on any atom is -0.492 e. The molecule has 0 aliphatic heterocycles. The molecule has 1 rings (SSSR count). The van der Waals surface area contributed by atoms with Crippen molar-refractivity contribution in [3.63, 3.8) is 0 Å². The first kappa shape index (κ1) is 16.7. The van der Waals surface area contributed by atoms with E-state index < -0.39 is 6.43 Å². The van der Waals surface area contributed by atoms with Gasteiger partial charge in [-0.2, -0.15) is 0 Å². The second-order valence-corrected chi connectivity index (χ2v) is 4.56. The second-order valence-electron chi connectivity index (χ2n) is 4.12. The number of alkyl halides is 2. The van der Waals surface area contributed by atoms with Crippen LogP contribution in [0.25, 0.3) is 0 Å². The molecule has 0 heterocycles. The molecule has 0 aliphatic rings. The number of aliphatic hydroxyl groups excluding tert-OH is 1. The quantitative estimate of drug-likeness (QED) is 0.673. The first-order chi connectivity index (χ1) is 9.54. The fourth-order valence-corrected chi connectivity index (χ4v) is 1.88. The molecule has 4 nitrogen and oxygen atoms in total. The van der Waals surface area contributed by atoms with E-state index in [-0.39, 0.29) is 37.8 Å². The topological polar surface area (TPSA) is 58.7 Å². The summed E-state index contributed by atoms with van der Waals surface area (Å²) in [5, 5.41) is 8.82. The van der Waals surface area contributed by atoms with Gasteiger partial charge in [0.2, 0.25) is 0 Å². The molecule has 0 amide bonds. The molecule has 0 atom stereocenters. The number of rotatable bonds is 9. The van der Waals surface area contributed by atoms with Crippen LogP contribution in [-0.2, 0) is 0 Å². The molecule has 1 aromatic rings. The Morgan fingerprint density at radius 3 is 2.65 bits per heavy atom. The summed E-state index contributed by atoms with van der Waals surface area (Å²) in [5.41, 5.74) is 6.18. The van der Waals surface area contributed by atoms with Crippen LogP contribution in [0.1, 0.15) is 5.56 Å². The van der Waals surface area contributed by atoms with Gasteiger partial charge in [-0.15, -0.1) is 0 Å². The number of hydrogen-bond donors (Lipinski definition) is 2. The van der Waals surface area contributed by atoms with Gasteiger partial charge in [-0.05, 0) is 12.1 Å². The fraction of sp³-hybridized carbons (Fsp3) is 0.462. The van der Waals surface area contributed by atoms with Crippen LogP contribution in [-0.4, -0.2) is 54.3 Å². The number of para-hydroxylation sites is 1. The predicted molar refractivity (Wildman–Crippen MR) is 77.4 cm³/mol. The van der Waals surface area contributed by atoms with Crippen LogP contribution in [0.15, 0.2) is 24.3 Å². The van der Waals surface area contributed by atoms with Crippen LogP contribution in [0.5, 0.6) is 5.75 Å². The lowest BCUT2D eigenvalue weighted by molar-refractivity contribution is 0.0709. The van der Waals surface area contributed by atoms with E-state index in [4.69, 9.17) is 27.8 Å². The molecular formula is C13H18F2N2O2S. The third-order valence-electron chi connectivity index (χ3n) is 2.63. The predicted octanol–water partition coefficient (Wildman–Crippen LogP) is 1.26. The minimum absolute atomic E-state index is 0.170. The Morgan fingerprint density at radius 2 is 2.05 bits per heavy atom. The molecule has 0 saturated carbocycles. The molecule has 0 bridgehead atoms. The van der Waals surface area contributed by atoms with Crippen molar-refractivity contribution >= 4 is 17.2 Å². The molecule has 0 unspecified atom stereocenters. The first-order valence-electron chi connectivity index (χ1n) is 6.17. The van der Waals surface area contributed by atoms with E-state index in [0.717, 1.165) is 0 Å². The molecule has 0 aliphatic carbocycles. The van der Waals surface area contributed by atoms with E-state index in [1.54, 1.807) is 24.3 Å². The summed E-state index contributed by atoms with van der Waals surface area (Å²) in [5.74, 6) is 0.529. The van der Waals surface area contributed by atoms with Crippen molar-refractivity contribution in [3.05, 3.63) is 29.8 Å². The molecule has 20 heavy (non-hydrogen) atoms. The van der Waals surface area contributed by atoms with Crippen LogP contribution >= 0.6 is 12.2 Å². The summed E-state index contributed by atoms with van der Waals surface area (Å²) >= 11 is 4.91. The highest BCUT2D eigenvalue weighted by molar-refractivity contribution is 7.80. The van der Waals surface area contributed by atoms with Crippen LogP contribution in [0.4, 0.5) is 8.78 Å². The van der Waals surface area contributed by atoms with E-state index in [0.29, 0.717) is 11.3 Å². The molecular weight excluding hydrogens is 286 g/mol. The number of benzene rings is 1. The van der Waals surface area contributed by atoms with Crippen molar-refractivity contribution < 1.29 is 18.6 Å². The summed E-state index contributed by atoms with van der Waals surface area (Å²) < 4.78 is 30.2. The Kier molecular flexibility index (Phi) is 7.35. The molecule has 112 valence electrons. The molecule has 0 saturated heterocycles. The Morgan fingerprint density at radius 1 is 1.35 bits per heavy atom. The van der Waals surface area contributed by atoms with Gasteiger partial charge >= 0.3 is 0 Å². The normalized spacial score (nSPS) is 11.1. The van der Waals surface area contributed by atoms with Crippen molar-refractivity contribution in [2.24, 2.45) is 5.73 Å². The van der Waals surface area contributed by atoms with E-state index >= 15 is 0 Å². The maximum absolute atomic E-state index is 12.3. The molecule has 1 aromatic carbocycles. The van der Waals surface area contributed by atoms with Crippen molar-refractivity contribution in [3.8, 4) is 5.75 Å². The SMILES string of the molecule is NC(=S)c1ccccc1OCCN(CCO)CC(F)F. The zero-order chi connectivity index (χ0) is 15.0. The lowest BCUT2D eigenvalue weighted by Crippen LogP contribution is -2.35. The van der Waals surface area contributed by atoms with Crippen LogP contribution < -0.4 is 10.5 Å². The van der Waals surface area contributed by atoms with Gasteiger partial charge in [0, 0.05) is 13.1 Å². The average Bonchev–Trinajstić information content (AvgIpc) is 2.38. The molecule has 0 aromatic heterocycles. The Labute approximate surface area is 122 Å². The highest BCUT2D eigenvalue weighted by Crippen LogP contribution is 2.17. The number of thiocarbonyl (C=S) groups is 1. The highest BCUT2D eigenvalue weighted by atomic mass is 32.1. The van der Waals surface area contributed by atoms with Gasteiger partial charge in [0.25, 0.3) is 6.43 Å². The third kappa shape index (κ3) is 5.77. The summed E-state index contributed by atoms with van der Waals surface area (Å²) in [6, 6.07) is 7.03. The second kappa shape index (κ2) is 8.78. The van der Waals surface area contributed by atoms with Crippen LogP contribution in [0.2, 0.25) is 0 Å². The Bertz CT molecular complexity index is 433. The molecule has 0 radical (unpaired) electrons. The van der Waals surface area contributed by atoms with Crippen molar-refractivity contribution in [1.82, 2.24) is 4.90 Å². The van der Waals surface area contributed by atoms with Gasteiger partial charge in [0.1, 0.15) is 17.3 Å². The molecule has 3 N–H and O–H groups in total. The van der Waals surface area contributed by atoms with Gasteiger partial charge in [0.05, 0.1) is 18.7 Å². The van der Waals surface area contributed by atoms with E-state index in [1.807, 2.05) is 0 Å². The number of ether oxygens (including phenoxy) is 1. The zero-order valence-electron chi connectivity index (χ0n) is 11.0. The summed E-state index contributed by atoms with van der Waals surface area (Å²) in [6.07, 6.45) is -2.44. The Balaban J connectivity index is 2.52. The molecule has 0 fully saturated rings. The standard InChI is InChI=1S/C13H18F2N2O2S/c14-12(15)9-17(5-7-18)6-8-19-11-4-2-1-3-10(11)13(16)20/h1-4,12,18H,5-9H2,(H2,16,20). The van der Waals surface area contributed by atoms with E-state index in [2.05, 4.69) is 0 Å². The monoisotopic (exact) mass is 304 g/mol. The number of nitrogens with zero attached hydrogens (tertiary/aromatic N) is 1. The fourth-order valence-electron chi connectivity index (χ4n) is 1.71. The zero-order valence-corrected chi connectivity index (χ0v) is 11.8. The Hall–Kier alpha value is -1.31. The molecule has 0 spiro atoms. The van der Waals surface area contributed by atoms with Crippen molar-refractivity contribution in [2.75, 3.05) is 32.8 Å². The maximum Gasteiger partial charge on any atom is 0.251 e. The lowest BCUT2D eigenvalue weighted by atomic mass is 10.2. The largest absolute Gasteiger partial charge is 0.492 e. The van der Waals surface area contributed by atoms with E-state index in [1.165, 1.54) is 4.90 Å². The van der Waals surface area contributed by atoms with Gasteiger partial charge < -0.3 is 15.6 Å². The third-order valence-corrected chi connectivity index (χ3v) is 2.85. The average molecular weight is 304 g/mol. The van der Waals surface area contributed by atoms with Crippen LogP contribution in [0, 0.1) is 0 Å². The first-order valence-corrected chi connectivity index (χ1v) is 6.58. The maximum atomic E-state index is 12.3. The minimum atomic E-state index is -2.44. The number of nitrogens with two attached hydrogens (primary N) is 1.